The predicted octanol–water partition coefficient (Wildman–Crippen LogP) is 7.59. The van der Waals surface area contributed by atoms with E-state index >= 15 is 0 Å². The summed E-state index contributed by atoms with van der Waals surface area (Å²) in [6.07, 6.45) is -0.721. The third-order valence-electron chi connectivity index (χ3n) is 7.55. The summed E-state index contributed by atoms with van der Waals surface area (Å²) in [5.41, 5.74) is 2.61. The number of ketones is 2. The summed E-state index contributed by atoms with van der Waals surface area (Å²) in [4.78, 5) is 33.4. The third kappa shape index (κ3) is 6.72. The van der Waals surface area contributed by atoms with Crippen molar-refractivity contribution >= 4 is 22.6 Å². The molecule has 41 heavy (non-hydrogen) atoms. The highest BCUT2D eigenvalue weighted by Gasteiger charge is 2.66. The molecule has 1 aliphatic carbocycles. The van der Waals surface area contributed by atoms with Crippen molar-refractivity contribution in [3.05, 3.63) is 83.0 Å². The molecule has 216 valence electrons. The number of benzene rings is 2. The highest BCUT2D eigenvalue weighted by Crippen LogP contribution is 2.62. The van der Waals surface area contributed by atoms with Gasteiger partial charge in [-0.05, 0) is 72.7 Å². The van der Waals surface area contributed by atoms with Gasteiger partial charge in [-0.15, -0.1) is 0 Å². The van der Waals surface area contributed by atoms with E-state index in [1.165, 1.54) is 25.3 Å². The van der Waals surface area contributed by atoms with Gasteiger partial charge in [-0.1, -0.05) is 25.6 Å². The Bertz CT molecular complexity index is 1540. The van der Waals surface area contributed by atoms with E-state index in [1.54, 1.807) is 12.3 Å². The van der Waals surface area contributed by atoms with E-state index in [2.05, 4.69) is 16.5 Å². The summed E-state index contributed by atoms with van der Waals surface area (Å²) in [7, 11) is 1.17. The number of halogens is 4. The van der Waals surface area contributed by atoms with Crippen molar-refractivity contribution in [2.45, 2.75) is 65.0 Å². The van der Waals surface area contributed by atoms with Crippen LogP contribution in [0.15, 0.2) is 60.5 Å². The van der Waals surface area contributed by atoms with Gasteiger partial charge in [0.15, 0.2) is 0 Å². The lowest BCUT2D eigenvalue weighted by molar-refractivity contribution is -0.184. The van der Waals surface area contributed by atoms with Crippen LogP contribution in [0.1, 0.15) is 55.7 Å². The first-order valence-electron chi connectivity index (χ1n) is 13.5. The normalized spacial score (nSPS) is 14.7. The number of rotatable bonds is 12. The second-order valence-corrected chi connectivity index (χ2v) is 10.6. The molecule has 1 saturated carbocycles. The van der Waals surface area contributed by atoms with Crippen molar-refractivity contribution in [2.24, 2.45) is 5.41 Å². The Morgan fingerprint density at radius 2 is 1.83 bits per heavy atom. The average Bonchev–Trinajstić information content (AvgIpc) is 3.73. The topological polar surface area (TPSA) is 69.2 Å². The van der Waals surface area contributed by atoms with Crippen molar-refractivity contribution in [3.8, 4) is 11.3 Å². The molecule has 0 atom stereocenters. The zero-order valence-electron chi connectivity index (χ0n) is 23.3. The van der Waals surface area contributed by atoms with Crippen molar-refractivity contribution < 1.29 is 31.9 Å². The second-order valence-electron chi connectivity index (χ2n) is 10.6. The van der Waals surface area contributed by atoms with Gasteiger partial charge < -0.3 is 4.74 Å². The van der Waals surface area contributed by atoms with Crippen molar-refractivity contribution in [1.82, 2.24) is 9.97 Å². The molecule has 0 amide bonds. The zero-order chi connectivity index (χ0) is 29.9. The lowest BCUT2D eigenvalue weighted by Crippen LogP contribution is -2.27. The highest BCUT2D eigenvalue weighted by molar-refractivity contribution is 5.84. The molecule has 1 fully saturated rings. The highest BCUT2D eigenvalue weighted by atomic mass is 19.4. The number of ether oxygens (including phenoxy) is 1. The summed E-state index contributed by atoms with van der Waals surface area (Å²) < 4.78 is 60.3. The first-order valence-corrected chi connectivity index (χ1v) is 13.5. The molecule has 3 aromatic rings. The Hall–Kier alpha value is -3.88. The SMILES string of the molecule is C=C(/C=C(\OC)C1(C(F)(F)F)CC1)CC(=O)Cc1ccc(-c2cnc3cc(CCC(=O)CC)c(C)cc3n2)cc1F. The molecule has 2 aromatic carbocycles. The number of alkyl halides is 3. The molecule has 5 nitrogen and oxygen atoms in total. The monoisotopic (exact) mass is 568 g/mol. The summed E-state index contributed by atoms with van der Waals surface area (Å²) in [6, 6.07) is 8.25. The molecule has 9 heteroatoms. The number of aromatic nitrogens is 2. The Morgan fingerprint density at radius 3 is 2.44 bits per heavy atom. The molecule has 1 heterocycles. The van der Waals surface area contributed by atoms with Crippen molar-refractivity contribution in [3.63, 3.8) is 0 Å². The van der Waals surface area contributed by atoms with Gasteiger partial charge in [0.2, 0.25) is 0 Å². The van der Waals surface area contributed by atoms with Gasteiger partial charge in [0, 0.05) is 31.2 Å². The van der Waals surface area contributed by atoms with E-state index in [-0.39, 0.29) is 54.1 Å². The fraction of sp³-hybridized carbons (Fsp3) is 0.375. The quantitative estimate of drug-likeness (QED) is 0.128. The Kier molecular flexibility index (Phi) is 8.75. The van der Waals surface area contributed by atoms with Crippen LogP contribution in [-0.2, 0) is 27.2 Å². The Morgan fingerprint density at radius 1 is 1.10 bits per heavy atom. The summed E-state index contributed by atoms with van der Waals surface area (Å²) in [6.45, 7) is 7.51. The summed E-state index contributed by atoms with van der Waals surface area (Å²) in [5, 5.41) is 0. The van der Waals surface area contributed by atoms with Gasteiger partial charge in [0.1, 0.15) is 28.6 Å². The molecular formula is C32H32F4N2O3. The molecule has 0 unspecified atom stereocenters. The van der Waals surface area contributed by atoms with Crippen LogP contribution in [0.2, 0.25) is 0 Å². The van der Waals surface area contributed by atoms with E-state index in [0.717, 1.165) is 11.1 Å². The molecule has 0 radical (unpaired) electrons. The molecule has 0 bridgehead atoms. The minimum absolute atomic E-state index is 0.0710. The number of carbonyl (C=O) groups is 2. The Balaban J connectivity index is 1.44. The molecule has 0 aliphatic heterocycles. The van der Waals surface area contributed by atoms with Gasteiger partial charge >= 0.3 is 6.18 Å². The molecular weight excluding hydrogens is 536 g/mol. The van der Waals surface area contributed by atoms with Crippen LogP contribution in [0.4, 0.5) is 17.6 Å². The number of methoxy groups -OCH3 is 1. The lowest BCUT2D eigenvalue weighted by Gasteiger charge is -2.21. The zero-order valence-corrected chi connectivity index (χ0v) is 23.3. The van der Waals surface area contributed by atoms with Gasteiger partial charge in [-0.2, -0.15) is 13.2 Å². The predicted molar refractivity (Wildman–Crippen MR) is 149 cm³/mol. The van der Waals surface area contributed by atoms with Crippen molar-refractivity contribution in [2.75, 3.05) is 7.11 Å². The minimum atomic E-state index is -4.45. The van der Waals surface area contributed by atoms with Crippen molar-refractivity contribution in [1.29, 1.82) is 0 Å². The number of hydrogen-bond acceptors (Lipinski definition) is 5. The van der Waals surface area contributed by atoms with Crippen LogP contribution in [0, 0.1) is 18.2 Å². The third-order valence-corrected chi connectivity index (χ3v) is 7.55. The fourth-order valence-corrected chi connectivity index (χ4v) is 4.87. The maximum Gasteiger partial charge on any atom is 0.401 e. The smallest absolute Gasteiger partial charge is 0.401 e. The lowest BCUT2D eigenvalue weighted by atomic mass is 9.98. The van der Waals surface area contributed by atoms with Crippen LogP contribution >= 0.6 is 0 Å². The summed E-state index contributed by atoms with van der Waals surface area (Å²) in [5.74, 6) is -1.04. The van der Waals surface area contributed by atoms with Crippen LogP contribution in [0.25, 0.3) is 22.3 Å². The largest absolute Gasteiger partial charge is 0.500 e. The van der Waals surface area contributed by atoms with Gasteiger partial charge in [0.25, 0.3) is 0 Å². The number of hydrogen-bond donors (Lipinski definition) is 0. The summed E-state index contributed by atoms with van der Waals surface area (Å²) >= 11 is 0. The number of aryl methyl sites for hydroxylation is 2. The maximum absolute atomic E-state index is 15.0. The van der Waals surface area contributed by atoms with Crippen LogP contribution in [-0.4, -0.2) is 34.8 Å². The minimum Gasteiger partial charge on any atom is -0.500 e. The van der Waals surface area contributed by atoms with E-state index in [1.807, 2.05) is 26.0 Å². The molecule has 0 N–H and O–H groups in total. The molecule has 1 aromatic heterocycles. The molecule has 1 aliphatic rings. The number of fused-ring (bicyclic) bond motifs is 1. The van der Waals surface area contributed by atoms with Crippen LogP contribution < -0.4 is 0 Å². The van der Waals surface area contributed by atoms with E-state index in [0.29, 0.717) is 41.6 Å². The maximum atomic E-state index is 15.0. The van der Waals surface area contributed by atoms with Crippen LogP contribution in [0.3, 0.4) is 0 Å². The number of carbonyl (C=O) groups excluding carboxylic acids is 2. The molecule has 4 rings (SSSR count). The molecule has 0 spiro atoms. The van der Waals surface area contributed by atoms with E-state index in [9.17, 15) is 27.2 Å². The second kappa shape index (κ2) is 11.9. The average molecular weight is 569 g/mol. The number of Topliss-reactive ketones (excluding diaryl/α,β-unsaturated/α-hetero) is 2. The van der Waals surface area contributed by atoms with Gasteiger partial charge in [-0.3, -0.25) is 14.6 Å². The van der Waals surface area contributed by atoms with Gasteiger partial charge in [-0.25, -0.2) is 9.37 Å². The van der Waals surface area contributed by atoms with Gasteiger partial charge in [0.05, 0.1) is 30.0 Å². The standard InChI is InChI=1S/C32H32F4N2O3/c1-5-24(39)9-8-21-17-27-28(14-20(21)3)38-29(18-37-27)23-7-6-22(26(33)16-23)15-25(40)12-19(2)13-30(41-4)31(10-11-31)32(34,35)36/h6-7,13-14,16-18H,2,5,8-12,15H2,1,3-4H3/b30-13-. The molecule has 0 saturated heterocycles. The van der Waals surface area contributed by atoms with Crippen LogP contribution in [0.5, 0.6) is 0 Å². The first kappa shape index (κ1) is 30.1. The first-order chi connectivity index (χ1) is 19.4. The fourth-order valence-electron chi connectivity index (χ4n) is 4.87. The Labute approximate surface area is 236 Å². The number of allylic oxidation sites excluding steroid dienone is 3. The number of nitrogens with zero attached hydrogens (tertiary/aromatic N) is 2. The van der Waals surface area contributed by atoms with E-state index < -0.39 is 17.4 Å². The van der Waals surface area contributed by atoms with E-state index in [4.69, 9.17) is 4.74 Å².